The van der Waals surface area contributed by atoms with Crippen molar-refractivity contribution in [3.63, 3.8) is 0 Å². The van der Waals surface area contributed by atoms with Crippen LogP contribution in [0.15, 0.2) is 22.7 Å². The molecule has 1 aromatic rings. The van der Waals surface area contributed by atoms with Gasteiger partial charge in [0.15, 0.2) is 0 Å². The quantitative estimate of drug-likeness (QED) is 0.889. The molecule has 0 spiro atoms. The first kappa shape index (κ1) is 13.8. The molecule has 1 unspecified atom stereocenters. The van der Waals surface area contributed by atoms with E-state index in [-0.39, 0.29) is 11.8 Å². The van der Waals surface area contributed by atoms with Crippen molar-refractivity contribution in [2.24, 2.45) is 0 Å². The lowest BCUT2D eigenvalue weighted by Crippen LogP contribution is -2.32. The van der Waals surface area contributed by atoms with Crippen LogP contribution in [0.2, 0.25) is 0 Å². The summed E-state index contributed by atoms with van der Waals surface area (Å²) in [5.41, 5.74) is 1.61. The van der Waals surface area contributed by atoms with Crippen molar-refractivity contribution in [1.82, 2.24) is 5.32 Å². The van der Waals surface area contributed by atoms with Crippen LogP contribution in [0.5, 0.6) is 0 Å². The average Bonchev–Trinajstić information content (AvgIpc) is 2.76. The first-order chi connectivity index (χ1) is 8.48. The number of hydrogen-bond donors (Lipinski definition) is 2. The van der Waals surface area contributed by atoms with Crippen molar-refractivity contribution in [3.05, 3.63) is 28.2 Å². The lowest BCUT2D eigenvalue weighted by molar-refractivity contribution is 0.582. The van der Waals surface area contributed by atoms with Gasteiger partial charge in [0.05, 0.1) is 11.4 Å². The highest BCUT2D eigenvalue weighted by Gasteiger charge is 2.22. The summed E-state index contributed by atoms with van der Waals surface area (Å²) in [7, 11) is -3.30. The van der Waals surface area contributed by atoms with Gasteiger partial charge in [-0.15, -0.1) is 0 Å². The Kier molecular flexibility index (Phi) is 4.29. The highest BCUT2D eigenvalue weighted by atomic mass is 79.9. The summed E-state index contributed by atoms with van der Waals surface area (Å²) >= 11 is 3.40. The van der Waals surface area contributed by atoms with Crippen molar-refractivity contribution < 1.29 is 8.42 Å². The maximum atomic E-state index is 12.0. The average molecular weight is 333 g/mol. The molecule has 1 aliphatic rings. The van der Waals surface area contributed by atoms with Crippen LogP contribution in [0.25, 0.3) is 0 Å². The summed E-state index contributed by atoms with van der Waals surface area (Å²) in [4.78, 5) is 0. The van der Waals surface area contributed by atoms with E-state index < -0.39 is 10.0 Å². The van der Waals surface area contributed by atoms with Gasteiger partial charge in [-0.3, -0.25) is 4.72 Å². The Morgan fingerprint density at radius 1 is 1.50 bits per heavy atom. The minimum atomic E-state index is -3.30. The molecule has 100 valence electrons. The van der Waals surface area contributed by atoms with Crippen LogP contribution in [0.1, 0.15) is 18.4 Å². The lowest BCUT2D eigenvalue weighted by atomic mass is 10.2. The number of hydrogen-bond acceptors (Lipinski definition) is 3. The third-order valence-electron chi connectivity index (χ3n) is 3.04. The fourth-order valence-corrected chi connectivity index (χ4v) is 4.00. The number of benzene rings is 1. The van der Waals surface area contributed by atoms with Gasteiger partial charge in [-0.05, 0) is 53.9 Å². The molecule has 1 aromatic carbocycles. The summed E-state index contributed by atoms with van der Waals surface area (Å²) in [6.07, 6.45) is 1.98. The molecule has 1 heterocycles. The van der Waals surface area contributed by atoms with Crippen LogP contribution in [0, 0.1) is 6.92 Å². The van der Waals surface area contributed by atoms with Crippen LogP contribution in [0.4, 0.5) is 5.69 Å². The van der Waals surface area contributed by atoms with Crippen molar-refractivity contribution in [2.45, 2.75) is 25.8 Å². The van der Waals surface area contributed by atoms with E-state index in [4.69, 9.17) is 0 Å². The summed E-state index contributed by atoms with van der Waals surface area (Å²) in [6.45, 7) is 2.84. The molecule has 6 heteroatoms. The minimum absolute atomic E-state index is 0.0751. The first-order valence-corrected chi connectivity index (χ1v) is 8.41. The van der Waals surface area contributed by atoms with E-state index in [0.29, 0.717) is 5.69 Å². The van der Waals surface area contributed by atoms with Gasteiger partial charge < -0.3 is 5.32 Å². The highest BCUT2D eigenvalue weighted by molar-refractivity contribution is 9.10. The molecule has 0 aromatic heterocycles. The fourth-order valence-electron chi connectivity index (χ4n) is 2.10. The Hall–Kier alpha value is -0.590. The van der Waals surface area contributed by atoms with Gasteiger partial charge in [0.1, 0.15) is 0 Å². The normalized spacial score (nSPS) is 20.0. The molecule has 4 nitrogen and oxygen atoms in total. The number of aryl methyl sites for hydroxylation is 1. The zero-order valence-electron chi connectivity index (χ0n) is 10.2. The highest BCUT2D eigenvalue weighted by Crippen LogP contribution is 2.26. The van der Waals surface area contributed by atoms with E-state index in [0.717, 1.165) is 29.4 Å². The molecular formula is C12H17BrN2O2S. The Morgan fingerprint density at radius 2 is 2.28 bits per heavy atom. The largest absolute Gasteiger partial charge is 0.313 e. The zero-order chi connectivity index (χ0) is 13.2. The minimum Gasteiger partial charge on any atom is -0.313 e. The summed E-state index contributed by atoms with van der Waals surface area (Å²) in [5.74, 6) is 0.132. The molecular weight excluding hydrogens is 316 g/mol. The van der Waals surface area contributed by atoms with Crippen molar-refractivity contribution in [1.29, 1.82) is 0 Å². The van der Waals surface area contributed by atoms with Gasteiger partial charge >= 0.3 is 0 Å². The number of sulfonamides is 1. The van der Waals surface area contributed by atoms with Gasteiger partial charge in [-0.1, -0.05) is 12.1 Å². The van der Waals surface area contributed by atoms with Gasteiger partial charge in [0.25, 0.3) is 0 Å². The molecule has 18 heavy (non-hydrogen) atoms. The van der Waals surface area contributed by atoms with Gasteiger partial charge in [-0.2, -0.15) is 0 Å². The van der Waals surface area contributed by atoms with Crippen LogP contribution in [0.3, 0.4) is 0 Å². The number of nitrogens with one attached hydrogen (secondary N) is 2. The smallest absolute Gasteiger partial charge is 0.234 e. The number of anilines is 1. The van der Waals surface area contributed by atoms with E-state index in [9.17, 15) is 8.42 Å². The predicted molar refractivity (Wildman–Crippen MR) is 77.3 cm³/mol. The van der Waals surface area contributed by atoms with E-state index >= 15 is 0 Å². The Balaban J connectivity index is 2.09. The monoisotopic (exact) mass is 332 g/mol. The number of rotatable bonds is 4. The van der Waals surface area contributed by atoms with Crippen LogP contribution in [-0.2, 0) is 10.0 Å². The second-order valence-corrected chi connectivity index (χ2v) is 7.17. The number of halogens is 1. The molecule has 1 saturated heterocycles. The summed E-state index contributed by atoms with van der Waals surface area (Å²) < 4.78 is 27.5. The van der Waals surface area contributed by atoms with E-state index in [1.807, 2.05) is 19.1 Å². The second kappa shape index (κ2) is 5.59. The van der Waals surface area contributed by atoms with E-state index in [2.05, 4.69) is 26.0 Å². The molecule has 1 atom stereocenters. The molecule has 0 bridgehead atoms. The summed E-state index contributed by atoms with van der Waals surface area (Å²) in [6, 6.07) is 5.61. The third-order valence-corrected chi connectivity index (χ3v) is 5.46. The van der Waals surface area contributed by atoms with Crippen LogP contribution in [-0.4, -0.2) is 26.8 Å². The SMILES string of the molecule is Cc1cccc(NS(=O)(=O)CC2CCCN2)c1Br. The van der Waals surface area contributed by atoms with Crippen molar-refractivity contribution in [3.8, 4) is 0 Å². The van der Waals surface area contributed by atoms with E-state index in [1.165, 1.54) is 0 Å². The molecule has 0 saturated carbocycles. The molecule has 1 aliphatic heterocycles. The van der Waals surface area contributed by atoms with E-state index in [1.54, 1.807) is 6.07 Å². The standard InChI is InChI=1S/C12H17BrN2O2S/c1-9-4-2-6-11(12(9)13)15-18(16,17)8-10-5-3-7-14-10/h2,4,6,10,14-15H,3,5,7-8H2,1H3. The first-order valence-electron chi connectivity index (χ1n) is 5.97. The second-order valence-electron chi connectivity index (χ2n) is 4.61. The maximum Gasteiger partial charge on any atom is 0.234 e. The zero-order valence-corrected chi connectivity index (χ0v) is 12.6. The predicted octanol–water partition coefficient (Wildman–Crippen LogP) is 2.25. The van der Waals surface area contributed by atoms with Crippen LogP contribution < -0.4 is 10.0 Å². The Morgan fingerprint density at radius 3 is 2.94 bits per heavy atom. The third kappa shape index (κ3) is 3.46. The van der Waals surface area contributed by atoms with Gasteiger partial charge in [0.2, 0.25) is 10.0 Å². The Bertz CT molecular complexity index is 525. The lowest BCUT2D eigenvalue weighted by Gasteiger charge is -2.14. The maximum absolute atomic E-state index is 12.0. The molecule has 0 aliphatic carbocycles. The molecule has 2 N–H and O–H groups in total. The molecule has 1 fully saturated rings. The molecule has 2 rings (SSSR count). The molecule has 0 amide bonds. The van der Waals surface area contributed by atoms with Crippen molar-refractivity contribution >= 4 is 31.6 Å². The van der Waals surface area contributed by atoms with Crippen LogP contribution >= 0.6 is 15.9 Å². The van der Waals surface area contributed by atoms with Crippen molar-refractivity contribution in [2.75, 3.05) is 17.0 Å². The van der Waals surface area contributed by atoms with Gasteiger partial charge in [-0.25, -0.2) is 8.42 Å². The Labute approximate surface area is 116 Å². The summed E-state index contributed by atoms with van der Waals surface area (Å²) in [5, 5.41) is 3.19. The van der Waals surface area contributed by atoms with Gasteiger partial charge in [0, 0.05) is 10.5 Å². The topological polar surface area (TPSA) is 58.2 Å². The fraction of sp³-hybridized carbons (Fsp3) is 0.500. The molecule has 0 radical (unpaired) electrons.